The van der Waals surface area contributed by atoms with E-state index in [4.69, 9.17) is 4.74 Å². The molecular formula is C16H20O2. The minimum atomic E-state index is -0.271. The number of carbonyl (C=O) groups excluding carboxylic acids is 1. The molecule has 18 heavy (non-hydrogen) atoms. The van der Waals surface area contributed by atoms with Gasteiger partial charge in [0.05, 0.1) is 12.7 Å². The highest BCUT2D eigenvalue weighted by Gasteiger charge is 2.29. The van der Waals surface area contributed by atoms with Crippen LogP contribution in [-0.2, 0) is 4.74 Å². The number of hydrogen-bond acceptors (Lipinski definition) is 2. The average molecular weight is 244 g/mol. The molecule has 0 aromatic heterocycles. The number of ether oxygens (including phenoxy) is 1. The molecule has 0 spiro atoms. The van der Waals surface area contributed by atoms with Gasteiger partial charge < -0.3 is 4.74 Å². The van der Waals surface area contributed by atoms with Crippen LogP contribution in [0.1, 0.15) is 48.2 Å². The van der Waals surface area contributed by atoms with Crippen LogP contribution >= 0.6 is 0 Å². The maximum Gasteiger partial charge on any atom is 0.337 e. The summed E-state index contributed by atoms with van der Waals surface area (Å²) in [5.74, 6) is -0.271. The lowest BCUT2D eigenvalue weighted by atomic mass is 9.80. The SMILES string of the molecule is COC(=O)c1ccc(C)c(C2=CCCC2(C)C)c1. The standard InChI is InChI=1S/C16H20O2/c1-11-7-8-12(15(17)18-4)10-13(11)14-6-5-9-16(14,2)3/h6-8,10H,5,9H2,1-4H3. The second-order valence-corrected chi connectivity index (χ2v) is 5.56. The normalized spacial score (nSPS) is 17.4. The molecule has 1 aromatic carbocycles. The Morgan fingerprint density at radius 2 is 2.06 bits per heavy atom. The second kappa shape index (κ2) is 4.60. The van der Waals surface area contributed by atoms with Crippen molar-refractivity contribution in [3.05, 3.63) is 41.0 Å². The summed E-state index contributed by atoms with van der Waals surface area (Å²) < 4.78 is 4.79. The Morgan fingerprint density at radius 1 is 1.33 bits per heavy atom. The molecule has 0 aliphatic heterocycles. The first-order chi connectivity index (χ1) is 8.45. The summed E-state index contributed by atoms with van der Waals surface area (Å²) in [5.41, 5.74) is 4.57. The zero-order valence-electron chi connectivity index (χ0n) is 11.5. The maximum atomic E-state index is 11.6. The second-order valence-electron chi connectivity index (χ2n) is 5.56. The number of aryl methyl sites for hydroxylation is 1. The van der Waals surface area contributed by atoms with E-state index in [0.717, 1.165) is 6.42 Å². The quantitative estimate of drug-likeness (QED) is 0.735. The predicted molar refractivity (Wildman–Crippen MR) is 73.5 cm³/mol. The molecule has 0 heterocycles. The number of esters is 1. The van der Waals surface area contributed by atoms with E-state index in [-0.39, 0.29) is 11.4 Å². The van der Waals surface area contributed by atoms with Gasteiger partial charge in [0.2, 0.25) is 0 Å². The van der Waals surface area contributed by atoms with Gasteiger partial charge in [0.1, 0.15) is 0 Å². The van der Waals surface area contributed by atoms with Crippen LogP contribution < -0.4 is 0 Å². The monoisotopic (exact) mass is 244 g/mol. The smallest absolute Gasteiger partial charge is 0.337 e. The lowest BCUT2D eigenvalue weighted by molar-refractivity contribution is 0.0600. The molecule has 1 aliphatic rings. The highest BCUT2D eigenvalue weighted by atomic mass is 16.5. The van der Waals surface area contributed by atoms with Crippen molar-refractivity contribution in [2.24, 2.45) is 5.41 Å². The van der Waals surface area contributed by atoms with E-state index >= 15 is 0 Å². The van der Waals surface area contributed by atoms with Crippen molar-refractivity contribution in [3.63, 3.8) is 0 Å². The molecule has 0 bridgehead atoms. The molecule has 96 valence electrons. The van der Waals surface area contributed by atoms with Crippen molar-refractivity contribution in [2.75, 3.05) is 7.11 Å². The van der Waals surface area contributed by atoms with Crippen LogP contribution in [0, 0.1) is 12.3 Å². The molecule has 2 nitrogen and oxygen atoms in total. The fourth-order valence-electron chi connectivity index (χ4n) is 2.62. The van der Waals surface area contributed by atoms with Gasteiger partial charge in [0.25, 0.3) is 0 Å². The van der Waals surface area contributed by atoms with Gasteiger partial charge >= 0.3 is 5.97 Å². The molecule has 0 saturated heterocycles. The summed E-state index contributed by atoms with van der Waals surface area (Å²) in [6, 6.07) is 5.78. The molecule has 0 N–H and O–H groups in total. The summed E-state index contributed by atoms with van der Waals surface area (Å²) in [6.45, 7) is 6.61. The Balaban J connectivity index is 2.48. The molecule has 2 rings (SSSR count). The Kier molecular flexibility index (Phi) is 3.29. The third-order valence-electron chi connectivity index (χ3n) is 3.80. The minimum Gasteiger partial charge on any atom is -0.465 e. The highest BCUT2D eigenvalue weighted by Crippen LogP contribution is 2.45. The number of methoxy groups -OCH3 is 1. The van der Waals surface area contributed by atoms with Gasteiger partial charge in [0.15, 0.2) is 0 Å². The molecule has 0 radical (unpaired) electrons. The molecular weight excluding hydrogens is 224 g/mol. The van der Waals surface area contributed by atoms with E-state index in [9.17, 15) is 4.79 Å². The zero-order chi connectivity index (χ0) is 13.3. The molecule has 1 aliphatic carbocycles. The van der Waals surface area contributed by atoms with Crippen molar-refractivity contribution in [1.29, 1.82) is 0 Å². The number of carbonyl (C=O) groups is 1. The van der Waals surface area contributed by atoms with Crippen LogP contribution in [0.15, 0.2) is 24.3 Å². The first kappa shape index (κ1) is 12.9. The van der Waals surface area contributed by atoms with Crippen LogP contribution in [0.4, 0.5) is 0 Å². The summed E-state index contributed by atoms with van der Waals surface area (Å²) in [4.78, 5) is 11.6. The van der Waals surface area contributed by atoms with Gasteiger partial charge in [0, 0.05) is 0 Å². The Labute approximate surface area is 109 Å². The van der Waals surface area contributed by atoms with Gasteiger partial charge in [-0.3, -0.25) is 0 Å². The molecule has 0 atom stereocenters. The van der Waals surface area contributed by atoms with E-state index in [1.165, 1.54) is 30.2 Å². The number of benzene rings is 1. The highest BCUT2D eigenvalue weighted by molar-refractivity contribution is 5.91. The molecule has 0 saturated carbocycles. The Morgan fingerprint density at radius 3 is 2.61 bits per heavy atom. The van der Waals surface area contributed by atoms with Gasteiger partial charge in [-0.2, -0.15) is 0 Å². The largest absolute Gasteiger partial charge is 0.465 e. The first-order valence-electron chi connectivity index (χ1n) is 6.36. The van der Waals surface area contributed by atoms with E-state index in [1.807, 2.05) is 18.2 Å². The van der Waals surface area contributed by atoms with Crippen LogP contribution in [0.5, 0.6) is 0 Å². The fraction of sp³-hybridized carbons (Fsp3) is 0.438. The number of rotatable bonds is 2. The van der Waals surface area contributed by atoms with Crippen LogP contribution in [0.2, 0.25) is 0 Å². The van der Waals surface area contributed by atoms with Crippen molar-refractivity contribution in [1.82, 2.24) is 0 Å². The number of allylic oxidation sites excluding steroid dienone is 2. The average Bonchev–Trinajstić information content (AvgIpc) is 2.68. The van der Waals surface area contributed by atoms with Crippen molar-refractivity contribution < 1.29 is 9.53 Å². The van der Waals surface area contributed by atoms with Gasteiger partial charge in [-0.05, 0) is 54.0 Å². The minimum absolute atomic E-state index is 0.194. The predicted octanol–water partition coefficient (Wildman–Crippen LogP) is 3.99. The summed E-state index contributed by atoms with van der Waals surface area (Å²) in [6.07, 6.45) is 4.58. The molecule has 0 amide bonds. The summed E-state index contributed by atoms with van der Waals surface area (Å²) in [5, 5.41) is 0. The fourth-order valence-corrected chi connectivity index (χ4v) is 2.62. The third-order valence-corrected chi connectivity index (χ3v) is 3.80. The zero-order valence-corrected chi connectivity index (χ0v) is 11.5. The van der Waals surface area contributed by atoms with Gasteiger partial charge in [-0.1, -0.05) is 26.0 Å². The topological polar surface area (TPSA) is 26.3 Å². The Bertz CT molecular complexity index is 510. The summed E-state index contributed by atoms with van der Waals surface area (Å²) >= 11 is 0. The van der Waals surface area contributed by atoms with Gasteiger partial charge in [-0.25, -0.2) is 4.79 Å². The summed E-state index contributed by atoms with van der Waals surface area (Å²) in [7, 11) is 1.42. The van der Waals surface area contributed by atoms with E-state index in [0.29, 0.717) is 5.56 Å². The van der Waals surface area contributed by atoms with Crippen LogP contribution in [-0.4, -0.2) is 13.1 Å². The van der Waals surface area contributed by atoms with Crippen molar-refractivity contribution in [3.8, 4) is 0 Å². The maximum absolute atomic E-state index is 11.6. The van der Waals surface area contributed by atoms with E-state index < -0.39 is 0 Å². The molecule has 0 fully saturated rings. The van der Waals surface area contributed by atoms with Crippen molar-refractivity contribution in [2.45, 2.75) is 33.6 Å². The van der Waals surface area contributed by atoms with Crippen LogP contribution in [0.3, 0.4) is 0 Å². The first-order valence-corrected chi connectivity index (χ1v) is 6.36. The number of hydrogen-bond donors (Lipinski definition) is 0. The van der Waals surface area contributed by atoms with E-state index in [2.05, 4.69) is 26.8 Å². The lowest BCUT2D eigenvalue weighted by Crippen LogP contribution is -2.11. The lowest BCUT2D eigenvalue weighted by Gasteiger charge is -2.24. The molecule has 2 heteroatoms. The van der Waals surface area contributed by atoms with E-state index in [1.54, 1.807) is 0 Å². The Hall–Kier alpha value is -1.57. The van der Waals surface area contributed by atoms with Crippen LogP contribution in [0.25, 0.3) is 5.57 Å². The van der Waals surface area contributed by atoms with Gasteiger partial charge in [-0.15, -0.1) is 0 Å². The molecule has 1 aromatic rings. The third kappa shape index (κ3) is 2.20. The molecule has 0 unspecified atom stereocenters. The van der Waals surface area contributed by atoms with Crippen molar-refractivity contribution >= 4 is 11.5 Å².